The maximum absolute atomic E-state index is 14.2. The van der Waals surface area contributed by atoms with Crippen LogP contribution in [-0.4, -0.2) is 18.9 Å². The van der Waals surface area contributed by atoms with Crippen LogP contribution in [0, 0.1) is 11.6 Å². The molecule has 5 aromatic rings. The Morgan fingerprint density at radius 2 is 1.12 bits per heavy atom. The maximum atomic E-state index is 14.2. The van der Waals surface area contributed by atoms with Crippen LogP contribution in [-0.2, 0) is 12.8 Å². The molecular formula is C35H28F2N2O3. The number of ether oxygens (including phenoxy) is 1. The predicted octanol–water partition coefficient (Wildman–Crippen LogP) is 7.66. The van der Waals surface area contributed by atoms with E-state index in [1.54, 1.807) is 12.1 Å². The molecule has 0 aliphatic carbocycles. The van der Waals surface area contributed by atoms with Gasteiger partial charge in [-0.15, -0.1) is 0 Å². The monoisotopic (exact) mass is 562 g/mol. The van der Waals surface area contributed by atoms with Gasteiger partial charge in [-0.2, -0.15) is 0 Å². The number of nitrogens with one attached hydrogen (secondary N) is 2. The average Bonchev–Trinajstić information content (AvgIpc) is 3.00. The Kier molecular flexibility index (Phi) is 8.68. The Morgan fingerprint density at radius 3 is 1.62 bits per heavy atom. The number of rotatable bonds is 9. The molecule has 5 nitrogen and oxygen atoms in total. The lowest BCUT2D eigenvalue weighted by Crippen LogP contribution is -2.18. The molecule has 5 aromatic carbocycles. The lowest BCUT2D eigenvalue weighted by molar-refractivity contribution is 0.102. The number of carbonyl (C=O) groups is 2. The third-order valence-electron chi connectivity index (χ3n) is 6.82. The Balaban J connectivity index is 1.39. The van der Waals surface area contributed by atoms with Crippen molar-refractivity contribution < 1.29 is 23.1 Å². The van der Waals surface area contributed by atoms with Crippen molar-refractivity contribution in [3.8, 4) is 5.75 Å². The minimum atomic E-state index is -0.572. The van der Waals surface area contributed by atoms with Crippen LogP contribution in [0.1, 0.15) is 43.0 Å². The molecule has 42 heavy (non-hydrogen) atoms. The molecule has 0 bridgehead atoms. The summed E-state index contributed by atoms with van der Waals surface area (Å²) in [4.78, 5) is 26.8. The first kappa shape index (κ1) is 28.2. The summed E-state index contributed by atoms with van der Waals surface area (Å²) in [5.41, 5.74) is 4.36. The second-order valence-corrected chi connectivity index (χ2v) is 9.75. The van der Waals surface area contributed by atoms with Gasteiger partial charge in [0.1, 0.15) is 17.4 Å². The van der Waals surface area contributed by atoms with Crippen molar-refractivity contribution in [2.75, 3.05) is 17.7 Å². The van der Waals surface area contributed by atoms with Crippen LogP contribution in [0.25, 0.3) is 0 Å². The second kappa shape index (κ2) is 12.9. The van der Waals surface area contributed by atoms with E-state index >= 15 is 0 Å². The van der Waals surface area contributed by atoms with Gasteiger partial charge < -0.3 is 15.4 Å². The largest absolute Gasteiger partial charge is 0.496 e. The van der Waals surface area contributed by atoms with Gasteiger partial charge in [0, 0.05) is 16.9 Å². The van der Waals surface area contributed by atoms with Crippen molar-refractivity contribution in [3.63, 3.8) is 0 Å². The van der Waals surface area contributed by atoms with Crippen molar-refractivity contribution in [1.82, 2.24) is 0 Å². The summed E-state index contributed by atoms with van der Waals surface area (Å²) in [6.45, 7) is 0. The lowest BCUT2D eigenvalue weighted by Gasteiger charge is -2.15. The third-order valence-corrected chi connectivity index (χ3v) is 6.82. The molecule has 0 aliphatic heterocycles. The van der Waals surface area contributed by atoms with E-state index in [2.05, 4.69) is 10.6 Å². The molecule has 0 aliphatic rings. The number of amides is 2. The maximum Gasteiger partial charge on any atom is 0.259 e. The molecule has 5 rings (SSSR count). The fourth-order valence-electron chi connectivity index (χ4n) is 4.68. The van der Waals surface area contributed by atoms with Gasteiger partial charge in [-0.1, -0.05) is 72.8 Å². The van der Waals surface area contributed by atoms with Crippen LogP contribution < -0.4 is 15.4 Å². The molecule has 0 aromatic heterocycles. The number of halogens is 2. The quantitative estimate of drug-likeness (QED) is 0.194. The SMILES string of the molecule is COc1ccc(C(=O)Nc2cc(F)ccc2Cc2ccccc2)cc1C(=O)Nc1cc(F)ccc1Cc1ccccc1. The number of methoxy groups -OCH3 is 1. The van der Waals surface area contributed by atoms with Gasteiger partial charge >= 0.3 is 0 Å². The molecule has 0 atom stereocenters. The molecule has 0 spiro atoms. The summed E-state index contributed by atoms with van der Waals surface area (Å²) in [6, 6.07) is 32.2. The summed E-state index contributed by atoms with van der Waals surface area (Å²) < 4.78 is 33.8. The van der Waals surface area contributed by atoms with Gasteiger partial charge in [-0.25, -0.2) is 8.78 Å². The molecule has 2 N–H and O–H groups in total. The van der Waals surface area contributed by atoms with E-state index in [9.17, 15) is 18.4 Å². The van der Waals surface area contributed by atoms with E-state index in [0.29, 0.717) is 24.2 Å². The van der Waals surface area contributed by atoms with E-state index in [1.165, 1.54) is 49.6 Å². The van der Waals surface area contributed by atoms with Crippen LogP contribution in [0.5, 0.6) is 5.75 Å². The topological polar surface area (TPSA) is 67.4 Å². The molecule has 0 saturated heterocycles. The fraction of sp³-hybridized carbons (Fsp3) is 0.0857. The Hall–Kier alpha value is -5.30. The Morgan fingerprint density at radius 1 is 0.619 bits per heavy atom. The van der Waals surface area contributed by atoms with E-state index < -0.39 is 23.4 Å². The number of benzene rings is 5. The first-order valence-electron chi connectivity index (χ1n) is 13.3. The summed E-state index contributed by atoms with van der Waals surface area (Å²) in [5, 5.41) is 5.57. The smallest absolute Gasteiger partial charge is 0.259 e. The molecular weight excluding hydrogens is 534 g/mol. The summed E-state index contributed by atoms with van der Waals surface area (Å²) in [6.07, 6.45) is 0.973. The first-order chi connectivity index (χ1) is 20.4. The highest BCUT2D eigenvalue weighted by Gasteiger charge is 2.19. The van der Waals surface area contributed by atoms with E-state index in [0.717, 1.165) is 22.3 Å². The number of carbonyl (C=O) groups excluding carboxylic acids is 2. The summed E-state index contributed by atoms with van der Waals surface area (Å²) in [5.74, 6) is -1.85. The molecule has 0 unspecified atom stereocenters. The molecule has 0 fully saturated rings. The normalized spacial score (nSPS) is 10.6. The van der Waals surface area contributed by atoms with Gasteiger partial charge in [-0.05, 0) is 77.6 Å². The molecule has 7 heteroatoms. The van der Waals surface area contributed by atoms with Crippen LogP contribution in [0.3, 0.4) is 0 Å². The third kappa shape index (κ3) is 6.88. The number of anilines is 2. The van der Waals surface area contributed by atoms with Gasteiger partial charge in [0.25, 0.3) is 11.8 Å². The van der Waals surface area contributed by atoms with Crippen molar-refractivity contribution in [1.29, 1.82) is 0 Å². The zero-order valence-corrected chi connectivity index (χ0v) is 22.9. The second-order valence-electron chi connectivity index (χ2n) is 9.75. The van der Waals surface area contributed by atoms with Gasteiger partial charge in [-0.3, -0.25) is 9.59 Å². The van der Waals surface area contributed by atoms with E-state index in [1.807, 2.05) is 60.7 Å². The highest BCUT2D eigenvalue weighted by Crippen LogP contribution is 2.27. The van der Waals surface area contributed by atoms with Crippen LogP contribution in [0.15, 0.2) is 115 Å². The lowest BCUT2D eigenvalue weighted by atomic mass is 10.0. The minimum Gasteiger partial charge on any atom is -0.496 e. The van der Waals surface area contributed by atoms with Crippen molar-refractivity contribution in [3.05, 3.63) is 160 Å². The molecule has 2 amide bonds. The first-order valence-corrected chi connectivity index (χ1v) is 13.3. The van der Waals surface area contributed by atoms with Crippen molar-refractivity contribution in [2.24, 2.45) is 0 Å². The van der Waals surface area contributed by atoms with Gasteiger partial charge in [0.15, 0.2) is 0 Å². The zero-order valence-electron chi connectivity index (χ0n) is 22.9. The minimum absolute atomic E-state index is 0.0869. The van der Waals surface area contributed by atoms with Crippen LogP contribution in [0.2, 0.25) is 0 Å². The van der Waals surface area contributed by atoms with E-state index in [4.69, 9.17) is 4.74 Å². The molecule has 0 saturated carbocycles. The predicted molar refractivity (Wildman–Crippen MR) is 160 cm³/mol. The van der Waals surface area contributed by atoms with E-state index in [-0.39, 0.29) is 16.9 Å². The highest BCUT2D eigenvalue weighted by molar-refractivity contribution is 6.10. The molecule has 0 radical (unpaired) electrons. The number of hydrogen-bond donors (Lipinski definition) is 2. The zero-order chi connectivity index (χ0) is 29.5. The highest BCUT2D eigenvalue weighted by atomic mass is 19.1. The standard InChI is InChI=1S/C35H28F2N2O3/c1-42-33-17-14-27(34(40)38-31-21-28(36)15-12-25(31)18-23-8-4-2-5-9-23)20-30(33)35(41)39-32-22-29(37)16-13-26(32)19-24-10-6-3-7-11-24/h2-17,20-22H,18-19H2,1H3,(H,38,40)(H,39,41). The summed E-state index contributed by atoms with van der Waals surface area (Å²) in [7, 11) is 1.41. The Labute approximate surface area is 242 Å². The molecule has 0 heterocycles. The average molecular weight is 563 g/mol. The van der Waals surface area contributed by atoms with Crippen LogP contribution in [0.4, 0.5) is 20.2 Å². The molecule has 210 valence electrons. The van der Waals surface area contributed by atoms with Gasteiger partial charge in [0.05, 0.1) is 12.7 Å². The van der Waals surface area contributed by atoms with Gasteiger partial charge in [0.2, 0.25) is 0 Å². The Bertz CT molecular complexity index is 1720. The van der Waals surface area contributed by atoms with Crippen molar-refractivity contribution >= 4 is 23.2 Å². The number of hydrogen-bond acceptors (Lipinski definition) is 3. The summed E-state index contributed by atoms with van der Waals surface area (Å²) >= 11 is 0. The van der Waals surface area contributed by atoms with Crippen molar-refractivity contribution in [2.45, 2.75) is 12.8 Å². The van der Waals surface area contributed by atoms with Crippen LogP contribution >= 0.6 is 0 Å². The fourth-order valence-corrected chi connectivity index (χ4v) is 4.68.